The van der Waals surface area contributed by atoms with E-state index in [0.717, 1.165) is 17.7 Å². The predicted octanol–water partition coefficient (Wildman–Crippen LogP) is 3.54. The normalized spacial score (nSPS) is 10.2. The van der Waals surface area contributed by atoms with Crippen LogP contribution in [0.1, 0.15) is 15.9 Å². The molecule has 0 bridgehead atoms. The molecule has 2 rings (SSSR count). The molecule has 0 aliphatic heterocycles. The minimum absolute atomic E-state index is 0.105. The van der Waals surface area contributed by atoms with Gasteiger partial charge >= 0.3 is 0 Å². The molecule has 0 aromatic heterocycles. The van der Waals surface area contributed by atoms with Crippen LogP contribution in [0.5, 0.6) is 11.5 Å². The predicted molar refractivity (Wildman–Crippen MR) is 78.6 cm³/mol. The maximum Gasteiger partial charge on any atom is 0.255 e. The molecule has 0 atom stereocenters. The van der Waals surface area contributed by atoms with Crippen molar-refractivity contribution < 1.29 is 23.0 Å². The summed E-state index contributed by atoms with van der Waals surface area (Å²) in [6, 6.07) is 5.92. The number of ether oxygens (including phenoxy) is 2. The largest absolute Gasteiger partial charge is 0.493 e. The lowest BCUT2D eigenvalue weighted by atomic mass is 10.1. The Labute approximate surface area is 126 Å². The van der Waals surface area contributed by atoms with Crippen molar-refractivity contribution in [2.75, 3.05) is 19.5 Å². The van der Waals surface area contributed by atoms with Crippen LogP contribution >= 0.6 is 0 Å². The van der Waals surface area contributed by atoms with E-state index < -0.39 is 17.5 Å². The van der Waals surface area contributed by atoms with Crippen molar-refractivity contribution in [3.8, 4) is 11.5 Å². The number of aryl methyl sites for hydroxylation is 1. The van der Waals surface area contributed by atoms with Crippen LogP contribution in [0.15, 0.2) is 30.3 Å². The smallest absolute Gasteiger partial charge is 0.255 e. The van der Waals surface area contributed by atoms with Crippen LogP contribution in [-0.4, -0.2) is 20.1 Å². The molecule has 1 N–H and O–H groups in total. The number of hydrogen-bond donors (Lipinski definition) is 1. The summed E-state index contributed by atoms with van der Waals surface area (Å²) in [7, 11) is 2.98. The van der Waals surface area contributed by atoms with Crippen molar-refractivity contribution in [3.63, 3.8) is 0 Å². The van der Waals surface area contributed by atoms with Crippen molar-refractivity contribution >= 4 is 11.6 Å². The van der Waals surface area contributed by atoms with Crippen molar-refractivity contribution in [2.45, 2.75) is 6.92 Å². The van der Waals surface area contributed by atoms with Gasteiger partial charge in [0.15, 0.2) is 11.5 Å². The van der Waals surface area contributed by atoms with Gasteiger partial charge in [0, 0.05) is 23.4 Å². The molecule has 1 amide bonds. The van der Waals surface area contributed by atoms with Crippen LogP contribution in [0.3, 0.4) is 0 Å². The molecule has 6 heteroatoms. The summed E-state index contributed by atoms with van der Waals surface area (Å²) in [5, 5.41) is 2.60. The van der Waals surface area contributed by atoms with Crippen LogP contribution in [0.4, 0.5) is 14.5 Å². The lowest BCUT2D eigenvalue weighted by Gasteiger charge is -2.13. The molecule has 0 unspecified atom stereocenters. The van der Waals surface area contributed by atoms with Crippen LogP contribution in [0.2, 0.25) is 0 Å². The van der Waals surface area contributed by atoms with Gasteiger partial charge < -0.3 is 14.8 Å². The van der Waals surface area contributed by atoms with Crippen molar-refractivity contribution in [1.82, 2.24) is 0 Å². The highest BCUT2D eigenvalue weighted by Crippen LogP contribution is 2.33. The Kier molecular flexibility index (Phi) is 4.60. The molecule has 0 radical (unpaired) electrons. The number of carbonyl (C=O) groups excluding carboxylic acids is 1. The maximum absolute atomic E-state index is 13.2. The van der Waals surface area contributed by atoms with Gasteiger partial charge in [-0.15, -0.1) is 0 Å². The van der Waals surface area contributed by atoms with E-state index in [2.05, 4.69) is 5.32 Å². The Morgan fingerprint density at radius 2 is 1.50 bits per heavy atom. The molecule has 0 aliphatic carbocycles. The Morgan fingerprint density at radius 3 is 2.05 bits per heavy atom. The van der Waals surface area contributed by atoms with Gasteiger partial charge in [-0.3, -0.25) is 4.79 Å². The number of amides is 1. The zero-order chi connectivity index (χ0) is 16.3. The van der Waals surface area contributed by atoms with Gasteiger partial charge in [-0.25, -0.2) is 8.78 Å². The van der Waals surface area contributed by atoms with Crippen LogP contribution in [-0.2, 0) is 0 Å². The first-order valence-electron chi connectivity index (χ1n) is 6.44. The molecule has 0 heterocycles. The average Bonchev–Trinajstić information content (AvgIpc) is 2.47. The minimum Gasteiger partial charge on any atom is -0.493 e. The highest BCUT2D eigenvalue weighted by Gasteiger charge is 2.13. The molecule has 22 heavy (non-hydrogen) atoms. The molecule has 0 saturated carbocycles. The van der Waals surface area contributed by atoms with E-state index in [0.29, 0.717) is 23.3 Å². The summed E-state index contributed by atoms with van der Waals surface area (Å²) >= 11 is 0. The second-order valence-electron chi connectivity index (χ2n) is 4.63. The van der Waals surface area contributed by atoms with Crippen LogP contribution < -0.4 is 14.8 Å². The summed E-state index contributed by atoms with van der Waals surface area (Å²) in [6.45, 7) is 1.77. The van der Waals surface area contributed by atoms with Crippen molar-refractivity contribution in [3.05, 3.63) is 53.1 Å². The number of methoxy groups -OCH3 is 2. The number of halogens is 2. The van der Waals surface area contributed by atoms with Crippen molar-refractivity contribution in [1.29, 1.82) is 0 Å². The maximum atomic E-state index is 13.2. The zero-order valence-corrected chi connectivity index (χ0v) is 12.4. The molecular formula is C16H15F2NO3. The van der Waals surface area contributed by atoms with E-state index in [4.69, 9.17) is 9.47 Å². The van der Waals surface area contributed by atoms with E-state index in [9.17, 15) is 13.6 Å². The lowest BCUT2D eigenvalue weighted by molar-refractivity contribution is 0.102. The number of nitrogens with one attached hydrogen (secondary N) is 1. The second-order valence-corrected chi connectivity index (χ2v) is 4.63. The number of hydrogen-bond acceptors (Lipinski definition) is 3. The molecule has 4 nitrogen and oxygen atoms in total. The van der Waals surface area contributed by atoms with Gasteiger partial charge in [0.25, 0.3) is 5.91 Å². The summed E-state index contributed by atoms with van der Waals surface area (Å²) in [4.78, 5) is 12.1. The van der Waals surface area contributed by atoms with E-state index in [1.165, 1.54) is 14.2 Å². The third kappa shape index (κ3) is 3.33. The van der Waals surface area contributed by atoms with Crippen molar-refractivity contribution in [2.24, 2.45) is 0 Å². The first kappa shape index (κ1) is 15.8. The molecule has 2 aromatic carbocycles. The van der Waals surface area contributed by atoms with Crippen LogP contribution in [0.25, 0.3) is 0 Å². The number of benzene rings is 2. The third-order valence-corrected chi connectivity index (χ3v) is 3.10. The van der Waals surface area contributed by atoms with Gasteiger partial charge in [0.1, 0.15) is 11.6 Å². The zero-order valence-electron chi connectivity index (χ0n) is 12.4. The fourth-order valence-electron chi connectivity index (χ4n) is 1.99. The lowest BCUT2D eigenvalue weighted by Crippen LogP contribution is -2.13. The summed E-state index contributed by atoms with van der Waals surface area (Å²) in [5.41, 5.74) is 1.09. The molecule has 0 aliphatic rings. The highest BCUT2D eigenvalue weighted by atomic mass is 19.1. The Bertz CT molecular complexity index is 697. The summed E-state index contributed by atoms with van der Waals surface area (Å²) < 4.78 is 36.7. The quantitative estimate of drug-likeness (QED) is 0.940. The number of anilines is 1. The average molecular weight is 307 g/mol. The Morgan fingerprint density at radius 1 is 0.955 bits per heavy atom. The van der Waals surface area contributed by atoms with Gasteiger partial charge in [0.05, 0.1) is 14.2 Å². The first-order valence-corrected chi connectivity index (χ1v) is 6.44. The third-order valence-electron chi connectivity index (χ3n) is 3.10. The van der Waals surface area contributed by atoms with Gasteiger partial charge in [-0.1, -0.05) is 0 Å². The molecule has 0 fully saturated rings. The molecule has 116 valence electrons. The second kappa shape index (κ2) is 6.43. The fraction of sp³-hybridized carbons (Fsp3) is 0.188. The van der Waals surface area contributed by atoms with E-state index >= 15 is 0 Å². The van der Waals surface area contributed by atoms with Crippen LogP contribution in [0, 0.1) is 18.6 Å². The standard InChI is InChI=1S/C16H15F2NO3/c1-9-4-14(21-2)15(22-3)8-13(9)19-16(20)10-5-11(17)7-12(18)6-10/h4-8H,1-3H3,(H,19,20). The van der Waals surface area contributed by atoms with Gasteiger partial charge in [-0.05, 0) is 30.7 Å². The van der Waals surface area contributed by atoms with Gasteiger partial charge in [0.2, 0.25) is 0 Å². The van der Waals surface area contributed by atoms with Gasteiger partial charge in [-0.2, -0.15) is 0 Å². The summed E-state index contributed by atoms with van der Waals surface area (Å²) in [6.07, 6.45) is 0. The molecular weight excluding hydrogens is 292 g/mol. The minimum atomic E-state index is -0.811. The summed E-state index contributed by atoms with van der Waals surface area (Å²) in [5.74, 6) is -1.28. The molecule has 2 aromatic rings. The van der Waals surface area contributed by atoms with E-state index in [-0.39, 0.29) is 5.56 Å². The molecule has 0 spiro atoms. The first-order chi connectivity index (χ1) is 10.4. The highest BCUT2D eigenvalue weighted by molar-refractivity contribution is 6.04. The Hall–Kier alpha value is -2.63. The topological polar surface area (TPSA) is 47.6 Å². The van der Waals surface area contributed by atoms with E-state index in [1.807, 2.05) is 0 Å². The number of carbonyl (C=O) groups is 1. The monoisotopic (exact) mass is 307 g/mol. The Balaban J connectivity index is 2.31. The number of rotatable bonds is 4. The SMILES string of the molecule is COc1cc(C)c(NC(=O)c2cc(F)cc(F)c2)cc1OC. The fourth-order valence-corrected chi connectivity index (χ4v) is 1.99. The van der Waals surface area contributed by atoms with E-state index in [1.54, 1.807) is 19.1 Å². The molecule has 0 saturated heterocycles.